The van der Waals surface area contributed by atoms with E-state index in [1.54, 1.807) is 0 Å². The van der Waals surface area contributed by atoms with Crippen LogP contribution in [0.5, 0.6) is 11.5 Å². The summed E-state index contributed by atoms with van der Waals surface area (Å²) in [5.74, 6) is -0.296. The Kier molecular flexibility index (Phi) is 2.32. The van der Waals surface area contributed by atoms with Crippen molar-refractivity contribution in [3.05, 3.63) is 35.4 Å². The summed E-state index contributed by atoms with van der Waals surface area (Å²) >= 11 is 0. The van der Waals surface area contributed by atoms with E-state index in [9.17, 15) is 19.8 Å². The summed E-state index contributed by atoms with van der Waals surface area (Å²) in [5.41, 5.74) is 0.288. The lowest BCUT2D eigenvalue weighted by atomic mass is 10.0. The zero-order valence-corrected chi connectivity index (χ0v) is 8.18. The first kappa shape index (κ1) is 10.2. The van der Waals surface area contributed by atoms with Crippen LogP contribution in [-0.4, -0.2) is 22.8 Å². The lowest BCUT2D eigenvalue weighted by Gasteiger charge is -2.04. The fourth-order valence-corrected chi connectivity index (χ4v) is 1.55. The number of aldehydes is 2. The fourth-order valence-electron chi connectivity index (χ4n) is 1.55. The quantitative estimate of drug-likeness (QED) is 0.751. The zero-order chi connectivity index (χ0) is 11.7. The third-order valence-corrected chi connectivity index (χ3v) is 2.39. The molecule has 0 heterocycles. The average Bonchev–Trinajstić information content (AvgIpc) is 2.28. The topological polar surface area (TPSA) is 74.6 Å². The third kappa shape index (κ3) is 1.50. The molecule has 0 radical (unpaired) electrons. The molecule has 80 valence electrons. The Morgan fingerprint density at radius 3 is 1.44 bits per heavy atom. The summed E-state index contributed by atoms with van der Waals surface area (Å²) in [6.07, 6.45) is 1.05. The van der Waals surface area contributed by atoms with Crippen LogP contribution in [-0.2, 0) is 0 Å². The fraction of sp³-hybridized carbons (Fsp3) is 0. The van der Waals surface area contributed by atoms with Gasteiger partial charge in [0.15, 0.2) is 12.6 Å². The second kappa shape index (κ2) is 3.66. The van der Waals surface area contributed by atoms with Gasteiger partial charge in [0.2, 0.25) is 0 Å². The molecule has 16 heavy (non-hydrogen) atoms. The van der Waals surface area contributed by atoms with Crippen LogP contribution in [0, 0.1) is 0 Å². The second-order valence-corrected chi connectivity index (χ2v) is 3.40. The summed E-state index contributed by atoms with van der Waals surface area (Å²) in [7, 11) is 0. The maximum atomic E-state index is 10.6. The summed E-state index contributed by atoms with van der Waals surface area (Å²) in [6.45, 7) is 0. The molecule has 0 atom stereocenters. The Labute approximate surface area is 90.8 Å². The van der Waals surface area contributed by atoms with Gasteiger partial charge in [0.1, 0.15) is 11.5 Å². The zero-order valence-electron chi connectivity index (χ0n) is 8.18. The van der Waals surface area contributed by atoms with E-state index in [1.165, 1.54) is 24.3 Å². The molecule has 0 aliphatic rings. The average molecular weight is 216 g/mol. The minimum Gasteiger partial charge on any atom is -0.507 e. The number of fused-ring (bicyclic) bond motifs is 1. The monoisotopic (exact) mass is 216 g/mol. The van der Waals surface area contributed by atoms with Crippen molar-refractivity contribution in [1.29, 1.82) is 0 Å². The van der Waals surface area contributed by atoms with E-state index in [0.717, 1.165) is 0 Å². The smallest absolute Gasteiger partial charge is 0.153 e. The normalized spacial score (nSPS) is 10.2. The first-order valence-electron chi connectivity index (χ1n) is 4.56. The van der Waals surface area contributed by atoms with Crippen molar-refractivity contribution in [2.45, 2.75) is 0 Å². The molecule has 0 saturated heterocycles. The highest BCUT2D eigenvalue weighted by atomic mass is 16.3. The number of benzene rings is 2. The van der Waals surface area contributed by atoms with E-state index in [-0.39, 0.29) is 22.6 Å². The number of carbonyl (C=O) groups excluding carboxylic acids is 2. The van der Waals surface area contributed by atoms with Gasteiger partial charge in [-0.25, -0.2) is 0 Å². The minimum atomic E-state index is -0.148. The van der Waals surface area contributed by atoms with Gasteiger partial charge in [-0.05, 0) is 35.0 Å². The molecule has 0 amide bonds. The maximum Gasteiger partial charge on any atom is 0.153 e. The molecule has 2 N–H and O–H groups in total. The number of phenolic OH excluding ortho intramolecular Hbond substituents is 2. The van der Waals surface area contributed by atoms with E-state index in [1.807, 2.05) is 0 Å². The van der Waals surface area contributed by atoms with Crippen LogP contribution in [0.4, 0.5) is 0 Å². The van der Waals surface area contributed by atoms with Crippen LogP contribution in [0.25, 0.3) is 10.8 Å². The van der Waals surface area contributed by atoms with E-state index in [2.05, 4.69) is 0 Å². The third-order valence-electron chi connectivity index (χ3n) is 2.39. The molecule has 2 rings (SSSR count). The van der Waals surface area contributed by atoms with Crippen molar-refractivity contribution in [3.63, 3.8) is 0 Å². The molecule has 0 aromatic heterocycles. The van der Waals surface area contributed by atoms with Crippen LogP contribution in [0.3, 0.4) is 0 Å². The van der Waals surface area contributed by atoms with Gasteiger partial charge in [-0.2, -0.15) is 0 Å². The summed E-state index contributed by atoms with van der Waals surface area (Å²) in [5, 5.41) is 20.1. The van der Waals surface area contributed by atoms with E-state index in [0.29, 0.717) is 23.3 Å². The van der Waals surface area contributed by atoms with Crippen LogP contribution >= 0.6 is 0 Å². The first-order valence-corrected chi connectivity index (χ1v) is 4.56. The van der Waals surface area contributed by atoms with Crippen LogP contribution in [0.2, 0.25) is 0 Å². The van der Waals surface area contributed by atoms with E-state index in [4.69, 9.17) is 0 Å². The summed E-state index contributed by atoms with van der Waals surface area (Å²) < 4.78 is 0. The Morgan fingerprint density at radius 1 is 0.750 bits per heavy atom. The molecule has 0 fully saturated rings. The van der Waals surface area contributed by atoms with Gasteiger partial charge < -0.3 is 10.2 Å². The number of phenols is 2. The lowest BCUT2D eigenvalue weighted by molar-refractivity contribution is 0.111. The number of rotatable bonds is 2. The molecule has 0 aliphatic heterocycles. The van der Waals surface area contributed by atoms with Crippen molar-refractivity contribution in [3.8, 4) is 11.5 Å². The predicted molar refractivity (Wildman–Crippen MR) is 58.1 cm³/mol. The summed E-state index contributed by atoms with van der Waals surface area (Å²) in [4.78, 5) is 21.2. The SMILES string of the molecule is O=Cc1cc2cc(O)c(C=O)cc2cc1O. The molecule has 0 spiro atoms. The minimum absolute atomic E-state index is 0.144. The van der Waals surface area contributed by atoms with Gasteiger partial charge in [0.05, 0.1) is 11.1 Å². The predicted octanol–water partition coefficient (Wildman–Crippen LogP) is 1.88. The highest BCUT2D eigenvalue weighted by molar-refractivity contribution is 5.96. The van der Waals surface area contributed by atoms with Gasteiger partial charge in [-0.3, -0.25) is 9.59 Å². The Balaban J connectivity index is 2.81. The molecule has 2 aromatic rings. The molecule has 0 bridgehead atoms. The van der Waals surface area contributed by atoms with Gasteiger partial charge in [0.25, 0.3) is 0 Å². The Hall–Kier alpha value is -2.36. The Morgan fingerprint density at radius 2 is 1.12 bits per heavy atom. The molecular formula is C12H8O4. The van der Waals surface area contributed by atoms with Crippen molar-refractivity contribution in [1.82, 2.24) is 0 Å². The molecule has 2 aromatic carbocycles. The molecule has 0 aliphatic carbocycles. The van der Waals surface area contributed by atoms with Crippen LogP contribution in [0.1, 0.15) is 20.7 Å². The first-order chi connectivity index (χ1) is 7.65. The van der Waals surface area contributed by atoms with E-state index >= 15 is 0 Å². The van der Waals surface area contributed by atoms with Crippen LogP contribution in [0.15, 0.2) is 24.3 Å². The number of hydrogen-bond donors (Lipinski definition) is 2. The molecule has 0 unspecified atom stereocenters. The number of hydrogen-bond acceptors (Lipinski definition) is 4. The second-order valence-electron chi connectivity index (χ2n) is 3.40. The van der Waals surface area contributed by atoms with Crippen molar-refractivity contribution < 1.29 is 19.8 Å². The van der Waals surface area contributed by atoms with Crippen molar-refractivity contribution >= 4 is 23.3 Å². The molecule has 4 nitrogen and oxygen atoms in total. The summed E-state index contributed by atoms with van der Waals surface area (Å²) in [6, 6.07) is 5.66. The molecule has 0 saturated carbocycles. The van der Waals surface area contributed by atoms with Crippen molar-refractivity contribution in [2.24, 2.45) is 0 Å². The largest absolute Gasteiger partial charge is 0.507 e. The highest BCUT2D eigenvalue weighted by Gasteiger charge is 2.07. The number of aromatic hydroxyl groups is 2. The molecule has 4 heteroatoms. The van der Waals surface area contributed by atoms with E-state index < -0.39 is 0 Å². The standard InChI is InChI=1S/C12H8O4/c13-5-9-1-7-3-12(16)10(6-14)2-8(7)4-11(9)15/h1-6,15-16H. The number of carbonyl (C=O) groups is 2. The van der Waals surface area contributed by atoms with Gasteiger partial charge >= 0.3 is 0 Å². The van der Waals surface area contributed by atoms with Gasteiger partial charge in [0, 0.05) is 0 Å². The maximum absolute atomic E-state index is 10.6. The van der Waals surface area contributed by atoms with Crippen LogP contribution < -0.4 is 0 Å². The molecular weight excluding hydrogens is 208 g/mol. The Bertz CT molecular complexity index is 534. The van der Waals surface area contributed by atoms with Gasteiger partial charge in [-0.1, -0.05) is 0 Å². The lowest BCUT2D eigenvalue weighted by Crippen LogP contribution is -1.86. The highest BCUT2D eigenvalue weighted by Crippen LogP contribution is 2.28. The van der Waals surface area contributed by atoms with Gasteiger partial charge in [-0.15, -0.1) is 0 Å². The van der Waals surface area contributed by atoms with Crippen molar-refractivity contribution in [2.75, 3.05) is 0 Å².